The molecule has 0 aliphatic carbocycles. The van der Waals surface area contributed by atoms with E-state index in [-0.39, 0.29) is 25.7 Å². The fourth-order valence-electron chi connectivity index (χ4n) is 10.4. The monoisotopic (exact) mass is 1300 g/mol. The molecule has 6 atom stereocenters. The number of aliphatic hydroxyl groups is 1. The first kappa shape index (κ1) is 86.1. The fraction of sp³-hybridized carbons (Fsp3) is 0.942. The van der Waals surface area contributed by atoms with E-state index in [2.05, 4.69) is 41.5 Å². The van der Waals surface area contributed by atoms with Crippen LogP contribution in [0.3, 0.4) is 0 Å². The molecule has 0 aromatic carbocycles. The zero-order valence-electron chi connectivity index (χ0n) is 57.0. The Labute approximate surface area is 537 Å². The van der Waals surface area contributed by atoms with E-state index in [0.29, 0.717) is 25.7 Å². The van der Waals surface area contributed by atoms with Gasteiger partial charge in [0.25, 0.3) is 0 Å². The molecule has 522 valence electrons. The van der Waals surface area contributed by atoms with E-state index in [0.717, 1.165) is 102 Å². The number of esters is 4. The molecule has 0 fully saturated rings. The molecule has 17 nitrogen and oxygen atoms in total. The van der Waals surface area contributed by atoms with E-state index < -0.39 is 97.5 Å². The van der Waals surface area contributed by atoms with Crippen molar-refractivity contribution >= 4 is 39.5 Å². The van der Waals surface area contributed by atoms with Crippen LogP contribution in [0.4, 0.5) is 0 Å². The van der Waals surface area contributed by atoms with E-state index >= 15 is 0 Å². The van der Waals surface area contributed by atoms with Crippen LogP contribution >= 0.6 is 15.6 Å². The number of phosphoric ester groups is 2. The second-order valence-electron chi connectivity index (χ2n) is 25.6. The van der Waals surface area contributed by atoms with Crippen molar-refractivity contribution in [3.63, 3.8) is 0 Å². The van der Waals surface area contributed by atoms with Crippen LogP contribution in [0.2, 0.25) is 0 Å². The van der Waals surface area contributed by atoms with Crippen molar-refractivity contribution in [2.75, 3.05) is 39.6 Å². The highest BCUT2D eigenvalue weighted by Crippen LogP contribution is 2.45. The van der Waals surface area contributed by atoms with Crippen molar-refractivity contribution in [3.05, 3.63) is 0 Å². The van der Waals surface area contributed by atoms with Crippen molar-refractivity contribution < 1.29 is 80.2 Å². The Hall–Kier alpha value is -1.94. The summed E-state index contributed by atoms with van der Waals surface area (Å²) in [5.74, 6) is -0.562. The number of hydrogen-bond donors (Lipinski definition) is 3. The van der Waals surface area contributed by atoms with Crippen LogP contribution in [-0.2, 0) is 65.4 Å². The van der Waals surface area contributed by atoms with Gasteiger partial charge in [0.2, 0.25) is 0 Å². The van der Waals surface area contributed by atoms with Gasteiger partial charge < -0.3 is 33.8 Å². The van der Waals surface area contributed by atoms with E-state index in [1.807, 2.05) is 0 Å². The van der Waals surface area contributed by atoms with E-state index in [1.54, 1.807) is 0 Å². The number of ether oxygens (including phenoxy) is 4. The summed E-state index contributed by atoms with van der Waals surface area (Å²) >= 11 is 0. The second-order valence-corrected chi connectivity index (χ2v) is 28.5. The molecule has 0 aliphatic heterocycles. The molecule has 0 aromatic heterocycles. The first-order valence-corrected chi connectivity index (χ1v) is 39.0. The van der Waals surface area contributed by atoms with Gasteiger partial charge in [-0.05, 0) is 37.5 Å². The number of rotatable bonds is 68. The quantitative estimate of drug-likeness (QED) is 0.0222. The Morgan fingerprint density at radius 1 is 0.330 bits per heavy atom. The molecule has 0 rings (SSSR count). The molecule has 0 amide bonds. The molecule has 0 aliphatic rings. The van der Waals surface area contributed by atoms with Gasteiger partial charge in [-0.15, -0.1) is 0 Å². The lowest BCUT2D eigenvalue weighted by Gasteiger charge is -2.21. The Balaban J connectivity index is 5.24. The summed E-state index contributed by atoms with van der Waals surface area (Å²) in [7, 11) is -9.90. The molecule has 3 N–H and O–H groups in total. The molecular weight excluding hydrogens is 1160 g/mol. The van der Waals surface area contributed by atoms with Gasteiger partial charge in [0.05, 0.1) is 26.4 Å². The fourth-order valence-corrected chi connectivity index (χ4v) is 12.0. The van der Waals surface area contributed by atoms with Gasteiger partial charge in [-0.3, -0.25) is 37.3 Å². The van der Waals surface area contributed by atoms with Crippen molar-refractivity contribution in [2.45, 2.75) is 368 Å². The summed E-state index contributed by atoms with van der Waals surface area (Å²) in [5, 5.41) is 10.6. The lowest BCUT2D eigenvalue weighted by molar-refractivity contribution is -0.161. The van der Waals surface area contributed by atoms with Crippen molar-refractivity contribution in [1.29, 1.82) is 0 Å². The Kier molecular flexibility index (Phi) is 59.9. The Morgan fingerprint density at radius 3 is 0.864 bits per heavy atom. The Bertz CT molecular complexity index is 1720. The third-order valence-corrected chi connectivity index (χ3v) is 18.2. The number of carbonyl (C=O) groups is 4. The zero-order chi connectivity index (χ0) is 65.0. The maximum atomic E-state index is 13.0. The maximum absolute atomic E-state index is 13.0. The Morgan fingerprint density at radius 2 is 0.580 bits per heavy atom. The minimum Gasteiger partial charge on any atom is -0.462 e. The van der Waals surface area contributed by atoms with Crippen LogP contribution < -0.4 is 0 Å². The van der Waals surface area contributed by atoms with Gasteiger partial charge in [0.15, 0.2) is 12.2 Å². The van der Waals surface area contributed by atoms with E-state index in [1.165, 1.54) is 167 Å². The van der Waals surface area contributed by atoms with Gasteiger partial charge in [0, 0.05) is 25.7 Å². The summed E-state index contributed by atoms with van der Waals surface area (Å²) in [6, 6.07) is 0. The molecule has 0 radical (unpaired) electrons. The molecular formula is C69H134O17P2. The molecule has 0 aromatic rings. The first-order chi connectivity index (χ1) is 42.4. The summed E-state index contributed by atoms with van der Waals surface area (Å²) in [5.41, 5.74) is 0. The standard InChI is InChI=1S/C69H134O17P2/c1-7-10-12-14-16-18-22-27-35-41-47-53-68(73)85-64(57-79-66(71)51-45-39-33-25-17-15-13-11-8-2)59-83-87(75,76)81-55-63(70)56-82-88(77,78)84-60-65(58-80-67(72)52-46-40-34-30-29-32-38-44-50-62(6)9-3)86-69(74)54-48-42-36-28-24-21-19-20-23-26-31-37-43-49-61(4)5/h61-65,70H,7-60H2,1-6H3,(H,75,76)(H,77,78)/t62?,63-,64+,65+/m0/s1. The lowest BCUT2D eigenvalue weighted by Crippen LogP contribution is -2.30. The number of phosphoric acid groups is 2. The van der Waals surface area contributed by atoms with Gasteiger partial charge in [0.1, 0.15) is 19.3 Å². The predicted octanol–water partition coefficient (Wildman–Crippen LogP) is 19.6. The third-order valence-electron chi connectivity index (χ3n) is 16.3. The molecule has 0 saturated heterocycles. The normalized spacial score (nSPS) is 14.5. The average molecular weight is 1300 g/mol. The SMILES string of the molecule is CCCCCCCCCCCCCC(=O)O[C@H](COC(=O)CCCCCCCCCCC)COP(=O)(O)OC[C@H](O)COP(=O)(O)OC[C@@H](COC(=O)CCCCCCCCCCC(C)CC)OC(=O)CCCCCCCCCCCCCCCC(C)C. The van der Waals surface area contributed by atoms with Gasteiger partial charge in [-0.2, -0.15) is 0 Å². The summed E-state index contributed by atoms with van der Waals surface area (Å²) < 4.78 is 68.2. The van der Waals surface area contributed by atoms with Crippen LogP contribution in [0.1, 0.15) is 350 Å². The van der Waals surface area contributed by atoms with Gasteiger partial charge >= 0.3 is 39.5 Å². The molecule has 88 heavy (non-hydrogen) atoms. The smallest absolute Gasteiger partial charge is 0.462 e. The highest BCUT2D eigenvalue weighted by atomic mass is 31.2. The minimum atomic E-state index is -4.95. The van der Waals surface area contributed by atoms with Crippen LogP contribution in [-0.4, -0.2) is 96.7 Å². The van der Waals surface area contributed by atoms with Crippen molar-refractivity contribution in [1.82, 2.24) is 0 Å². The minimum absolute atomic E-state index is 0.107. The number of aliphatic hydroxyl groups excluding tert-OH is 1. The number of carbonyl (C=O) groups excluding carboxylic acids is 4. The lowest BCUT2D eigenvalue weighted by atomic mass is 9.99. The van der Waals surface area contributed by atoms with Crippen LogP contribution in [0.5, 0.6) is 0 Å². The first-order valence-electron chi connectivity index (χ1n) is 36.0. The van der Waals surface area contributed by atoms with Crippen molar-refractivity contribution in [2.24, 2.45) is 11.8 Å². The molecule has 3 unspecified atom stereocenters. The largest absolute Gasteiger partial charge is 0.472 e. The highest BCUT2D eigenvalue weighted by molar-refractivity contribution is 7.47. The van der Waals surface area contributed by atoms with E-state index in [9.17, 15) is 43.2 Å². The number of unbranched alkanes of at least 4 members (excludes halogenated alkanes) is 37. The predicted molar refractivity (Wildman–Crippen MR) is 354 cm³/mol. The van der Waals surface area contributed by atoms with Gasteiger partial charge in [-0.1, -0.05) is 298 Å². The highest BCUT2D eigenvalue weighted by Gasteiger charge is 2.30. The van der Waals surface area contributed by atoms with Gasteiger partial charge in [-0.25, -0.2) is 9.13 Å². The summed E-state index contributed by atoms with van der Waals surface area (Å²) in [6.45, 7) is 9.54. The molecule has 0 heterocycles. The molecule has 0 saturated carbocycles. The van der Waals surface area contributed by atoms with Crippen LogP contribution in [0.15, 0.2) is 0 Å². The summed E-state index contributed by atoms with van der Waals surface area (Å²) in [6.07, 6.45) is 45.7. The number of hydrogen-bond acceptors (Lipinski definition) is 15. The van der Waals surface area contributed by atoms with Crippen LogP contribution in [0.25, 0.3) is 0 Å². The maximum Gasteiger partial charge on any atom is 0.472 e. The van der Waals surface area contributed by atoms with Crippen LogP contribution in [0, 0.1) is 11.8 Å². The summed E-state index contributed by atoms with van der Waals surface area (Å²) in [4.78, 5) is 72.4. The third kappa shape index (κ3) is 61.6. The topological polar surface area (TPSA) is 237 Å². The molecule has 0 bridgehead atoms. The molecule has 0 spiro atoms. The second kappa shape index (κ2) is 61.3. The van der Waals surface area contributed by atoms with Crippen molar-refractivity contribution in [3.8, 4) is 0 Å². The average Bonchev–Trinajstić information content (AvgIpc) is 3.67. The van der Waals surface area contributed by atoms with E-state index in [4.69, 9.17) is 37.0 Å². The zero-order valence-corrected chi connectivity index (χ0v) is 58.8. The molecule has 19 heteroatoms.